The first-order valence-electron chi connectivity index (χ1n) is 9.74. The number of unbranched alkanes of at least 4 members (excludes halogenated alkanes) is 2. The predicted molar refractivity (Wildman–Crippen MR) is 113 cm³/mol. The van der Waals surface area contributed by atoms with Crippen LogP contribution in [0.15, 0.2) is 60.7 Å². The zero-order valence-corrected chi connectivity index (χ0v) is 16.4. The molecule has 2 heteroatoms. The minimum Gasteiger partial charge on any atom is -0.203 e. The molecule has 0 nitrogen and oxygen atoms in total. The van der Waals surface area contributed by atoms with Gasteiger partial charge in [0.1, 0.15) is 0 Å². The van der Waals surface area contributed by atoms with Crippen LogP contribution in [-0.2, 0) is 6.42 Å². The van der Waals surface area contributed by atoms with E-state index in [2.05, 4.69) is 43.0 Å². The maximum absolute atomic E-state index is 14.4. The third-order valence-electron chi connectivity index (χ3n) is 4.89. The Morgan fingerprint density at radius 2 is 1.32 bits per heavy atom. The SMILES string of the molecule is CC#Cc1ccc(-c2ccc(-c3ccc(CCCCC)cc3)cc2)c(F)c1F. The Labute approximate surface area is 166 Å². The second-order valence-corrected chi connectivity index (χ2v) is 6.90. The molecule has 0 aliphatic rings. The lowest BCUT2D eigenvalue weighted by Gasteiger charge is -2.08. The van der Waals surface area contributed by atoms with Crippen molar-refractivity contribution in [1.29, 1.82) is 0 Å². The monoisotopic (exact) mass is 374 g/mol. The number of halogens is 2. The van der Waals surface area contributed by atoms with Gasteiger partial charge in [-0.05, 0) is 54.2 Å². The van der Waals surface area contributed by atoms with Gasteiger partial charge in [-0.25, -0.2) is 8.78 Å². The van der Waals surface area contributed by atoms with E-state index in [4.69, 9.17) is 0 Å². The van der Waals surface area contributed by atoms with Crippen LogP contribution >= 0.6 is 0 Å². The summed E-state index contributed by atoms with van der Waals surface area (Å²) in [6, 6.07) is 19.2. The maximum atomic E-state index is 14.4. The van der Waals surface area contributed by atoms with Gasteiger partial charge in [0.25, 0.3) is 0 Å². The van der Waals surface area contributed by atoms with Gasteiger partial charge < -0.3 is 0 Å². The highest BCUT2D eigenvalue weighted by atomic mass is 19.2. The predicted octanol–water partition coefficient (Wildman–Crippen LogP) is 7.40. The Balaban J connectivity index is 1.80. The van der Waals surface area contributed by atoms with E-state index in [9.17, 15) is 8.78 Å². The molecule has 28 heavy (non-hydrogen) atoms. The van der Waals surface area contributed by atoms with Gasteiger partial charge in [0.15, 0.2) is 11.6 Å². The molecule has 0 unspecified atom stereocenters. The van der Waals surface area contributed by atoms with Gasteiger partial charge in [-0.3, -0.25) is 0 Å². The van der Waals surface area contributed by atoms with Crippen molar-refractivity contribution in [2.45, 2.75) is 39.5 Å². The molecule has 0 heterocycles. The number of hydrogen-bond acceptors (Lipinski definition) is 0. The zero-order valence-electron chi connectivity index (χ0n) is 16.4. The number of hydrogen-bond donors (Lipinski definition) is 0. The summed E-state index contributed by atoms with van der Waals surface area (Å²) in [5.41, 5.74) is 4.49. The number of benzene rings is 3. The second kappa shape index (κ2) is 9.33. The minimum atomic E-state index is -0.894. The average Bonchev–Trinajstić information content (AvgIpc) is 2.73. The third-order valence-corrected chi connectivity index (χ3v) is 4.89. The maximum Gasteiger partial charge on any atom is 0.175 e. The Bertz CT molecular complexity index is 988. The molecule has 0 saturated heterocycles. The Morgan fingerprint density at radius 3 is 1.93 bits per heavy atom. The van der Waals surface area contributed by atoms with Crippen LogP contribution in [0.5, 0.6) is 0 Å². The van der Waals surface area contributed by atoms with Crippen molar-refractivity contribution in [2.75, 3.05) is 0 Å². The average molecular weight is 374 g/mol. The van der Waals surface area contributed by atoms with E-state index >= 15 is 0 Å². The van der Waals surface area contributed by atoms with E-state index in [-0.39, 0.29) is 11.1 Å². The molecule has 0 spiro atoms. The number of rotatable bonds is 6. The number of aryl methyl sites for hydroxylation is 1. The first kappa shape index (κ1) is 19.8. The van der Waals surface area contributed by atoms with Crippen molar-refractivity contribution >= 4 is 0 Å². The molecule has 3 aromatic rings. The molecule has 0 amide bonds. The Kier molecular flexibility index (Phi) is 6.61. The molecule has 0 N–H and O–H groups in total. The van der Waals surface area contributed by atoms with E-state index in [0.29, 0.717) is 5.56 Å². The molecule has 0 aliphatic carbocycles. The molecule has 3 aromatic carbocycles. The summed E-state index contributed by atoms with van der Waals surface area (Å²) in [7, 11) is 0. The molecule has 0 saturated carbocycles. The smallest absolute Gasteiger partial charge is 0.175 e. The summed E-state index contributed by atoms with van der Waals surface area (Å²) in [6.07, 6.45) is 4.81. The van der Waals surface area contributed by atoms with Crippen LogP contribution in [0.2, 0.25) is 0 Å². The highest BCUT2D eigenvalue weighted by Crippen LogP contribution is 2.29. The summed E-state index contributed by atoms with van der Waals surface area (Å²) < 4.78 is 28.6. The lowest BCUT2D eigenvalue weighted by Crippen LogP contribution is -1.94. The van der Waals surface area contributed by atoms with Gasteiger partial charge in [-0.1, -0.05) is 74.2 Å². The lowest BCUT2D eigenvalue weighted by molar-refractivity contribution is 0.509. The van der Waals surface area contributed by atoms with Gasteiger partial charge in [-0.2, -0.15) is 0 Å². The van der Waals surface area contributed by atoms with Gasteiger partial charge in [0.05, 0.1) is 5.56 Å². The molecule has 142 valence electrons. The normalized spacial score (nSPS) is 10.4. The molecule has 3 rings (SSSR count). The zero-order chi connectivity index (χ0) is 19.9. The fourth-order valence-electron chi connectivity index (χ4n) is 3.29. The van der Waals surface area contributed by atoms with E-state index in [1.54, 1.807) is 13.0 Å². The summed E-state index contributed by atoms with van der Waals surface area (Å²) in [5.74, 6) is 3.43. The molecule has 0 atom stereocenters. The molecule has 0 aromatic heterocycles. The second-order valence-electron chi connectivity index (χ2n) is 6.90. The largest absolute Gasteiger partial charge is 0.203 e. The highest BCUT2D eigenvalue weighted by molar-refractivity contribution is 5.71. The van der Waals surface area contributed by atoms with Crippen molar-refractivity contribution in [1.82, 2.24) is 0 Å². The van der Waals surface area contributed by atoms with Crippen molar-refractivity contribution < 1.29 is 8.78 Å². The van der Waals surface area contributed by atoms with E-state index in [1.165, 1.54) is 30.9 Å². The third kappa shape index (κ3) is 4.49. The van der Waals surface area contributed by atoms with Crippen molar-refractivity contribution in [3.8, 4) is 34.1 Å². The Morgan fingerprint density at radius 1 is 0.714 bits per heavy atom. The fraction of sp³-hybridized carbons (Fsp3) is 0.231. The van der Waals surface area contributed by atoms with Gasteiger partial charge in [0.2, 0.25) is 0 Å². The van der Waals surface area contributed by atoms with Gasteiger partial charge >= 0.3 is 0 Å². The molecule has 0 radical (unpaired) electrons. The fourth-order valence-corrected chi connectivity index (χ4v) is 3.29. The molecular formula is C26H24F2. The minimum absolute atomic E-state index is 0.0828. The van der Waals surface area contributed by atoms with Crippen LogP contribution in [-0.4, -0.2) is 0 Å². The lowest BCUT2D eigenvalue weighted by atomic mass is 9.97. The summed E-state index contributed by atoms with van der Waals surface area (Å²) in [4.78, 5) is 0. The summed E-state index contributed by atoms with van der Waals surface area (Å²) in [5, 5.41) is 0. The Hall–Kier alpha value is -2.92. The van der Waals surface area contributed by atoms with Crippen LogP contribution in [0.25, 0.3) is 22.3 Å². The molecule has 0 fully saturated rings. The van der Waals surface area contributed by atoms with Crippen LogP contribution in [0, 0.1) is 23.5 Å². The quantitative estimate of drug-likeness (QED) is 0.311. The highest BCUT2D eigenvalue weighted by Gasteiger charge is 2.13. The van der Waals surface area contributed by atoms with Crippen LogP contribution in [0.3, 0.4) is 0 Å². The van der Waals surface area contributed by atoms with Crippen LogP contribution in [0.4, 0.5) is 8.78 Å². The van der Waals surface area contributed by atoms with Crippen molar-refractivity contribution in [3.63, 3.8) is 0 Å². The summed E-state index contributed by atoms with van der Waals surface area (Å²) in [6.45, 7) is 3.81. The summed E-state index contributed by atoms with van der Waals surface area (Å²) >= 11 is 0. The van der Waals surface area contributed by atoms with E-state index in [1.807, 2.05) is 24.3 Å². The van der Waals surface area contributed by atoms with Gasteiger partial charge in [0, 0.05) is 5.56 Å². The van der Waals surface area contributed by atoms with Crippen molar-refractivity contribution in [2.24, 2.45) is 0 Å². The standard InChI is InChI=1S/C26H24F2/c1-3-5-6-8-19-9-11-20(12-10-19)21-13-15-22(16-14-21)24-18-17-23(7-4-2)25(27)26(24)28/h9-18H,3,5-6,8H2,1-2H3. The van der Waals surface area contributed by atoms with Crippen molar-refractivity contribution in [3.05, 3.63) is 83.4 Å². The topological polar surface area (TPSA) is 0 Å². The van der Waals surface area contributed by atoms with Crippen LogP contribution in [0.1, 0.15) is 44.2 Å². The van der Waals surface area contributed by atoms with E-state index < -0.39 is 11.6 Å². The molecular weight excluding hydrogens is 350 g/mol. The molecule has 0 bridgehead atoms. The van der Waals surface area contributed by atoms with E-state index in [0.717, 1.165) is 17.5 Å². The van der Waals surface area contributed by atoms with Gasteiger partial charge in [-0.15, -0.1) is 5.92 Å². The molecule has 0 aliphatic heterocycles. The van der Waals surface area contributed by atoms with Crippen LogP contribution < -0.4 is 0 Å². The first-order chi connectivity index (χ1) is 13.6. The first-order valence-corrected chi connectivity index (χ1v) is 9.74.